The number of nitrogens with zero attached hydrogens (tertiary/aromatic N) is 14. The van der Waals surface area contributed by atoms with E-state index >= 15 is 0 Å². The third-order valence-corrected chi connectivity index (χ3v) is 22.8. The highest BCUT2D eigenvalue weighted by Crippen LogP contribution is 2.55. The molecule has 6 aromatic heterocycles. The number of nitrogens with two attached hydrogens (primary N) is 2. The lowest BCUT2D eigenvalue weighted by atomic mass is 9.92. The molecule has 0 aliphatic carbocycles. The van der Waals surface area contributed by atoms with Gasteiger partial charge >= 0.3 is 15.5 Å². The minimum atomic E-state index is -4.27. The molecule has 0 amide bonds. The van der Waals surface area contributed by atoms with Gasteiger partial charge in [-0.05, 0) is 102 Å². The fourth-order valence-electron chi connectivity index (χ4n) is 13.4. The van der Waals surface area contributed by atoms with E-state index in [0.29, 0.717) is 59.5 Å². The van der Waals surface area contributed by atoms with Crippen molar-refractivity contribution in [3.05, 3.63) is 132 Å². The maximum atomic E-state index is 14.1. The number of nitrogen functional groups attached to an aromatic ring is 2. The van der Waals surface area contributed by atoms with Crippen molar-refractivity contribution >= 4 is 61.4 Å². The summed E-state index contributed by atoms with van der Waals surface area (Å²) in [4.78, 5) is 15.5. The van der Waals surface area contributed by atoms with Crippen LogP contribution < -0.4 is 20.5 Å². The zero-order valence-electron chi connectivity index (χ0n) is 64.7. The number of rotatable bonds is 42. The van der Waals surface area contributed by atoms with Crippen LogP contribution >= 0.6 is 38.7 Å². The molecular formula is C76H108Cl2N16O16P2. The molecule has 4 aliphatic heterocycles. The highest BCUT2D eigenvalue weighted by molar-refractivity contribution is 7.55. The number of nitriles is 2. The number of aliphatic hydroxyl groups is 2. The number of unbranched alkanes of at least 4 members (excludes halogenated alkanes) is 18. The van der Waals surface area contributed by atoms with Crippen LogP contribution in [0.4, 0.5) is 11.6 Å². The number of anilines is 2. The molecule has 8 aromatic rings. The number of hydrogen-bond acceptors (Lipinski definition) is 28. The van der Waals surface area contributed by atoms with Crippen molar-refractivity contribution in [1.82, 2.24) is 58.3 Å². The average Bonchev–Trinajstić information content (AvgIpc) is 1.56. The number of benzene rings is 2. The monoisotopic (exact) mass is 1630 g/mol. The Kier molecular flexibility index (Phi) is 34.4. The van der Waals surface area contributed by atoms with Crippen LogP contribution in [0.5, 0.6) is 11.5 Å². The lowest BCUT2D eigenvalue weighted by molar-refractivity contribution is -0.204. The Labute approximate surface area is 664 Å². The van der Waals surface area contributed by atoms with Crippen LogP contribution in [0.3, 0.4) is 0 Å². The van der Waals surface area contributed by atoms with E-state index in [1.165, 1.54) is 163 Å². The van der Waals surface area contributed by atoms with E-state index in [0.717, 1.165) is 34.8 Å². The number of aliphatic hydroxyl groups excluding tert-OH is 2. The molecule has 10 heterocycles. The molecule has 612 valence electrons. The first kappa shape index (κ1) is 88.6. The Balaban J connectivity index is 0.000000194. The minimum Gasteiger partial charge on any atom is -0.410 e. The van der Waals surface area contributed by atoms with Crippen LogP contribution in [-0.4, -0.2) is 170 Å². The van der Waals surface area contributed by atoms with Crippen molar-refractivity contribution in [3.63, 3.8) is 0 Å². The first-order chi connectivity index (χ1) is 54.1. The molecule has 2 aromatic carbocycles. The smallest absolute Gasteiger partial charge is 0.410 e. The predicted molar refractivity (Wildman–Crippen MR) is 418 cm³/mol. The van der Waals surface area contributed by atoms with Gasteiger partial charge in [0.05, 0.1) is 41.3 Å². The van der Waals surface area contributed by atoms with Crippen LogP contribution in [0, 0.1) is 22.7 Å². The fourth-order valence-corrected chi connectivity index (χ4v) is 16.6. The quantitative estimate of drug-likeness (QED) is 0.0204. The molecule has 112 heavy (non-hydrogen) atoms. The average molecular weight is 1630 g/mol. The predicted octanol–water partition coefficient (Wildman–Crippen LogP) is 14.5. The van der Waals surface area contributed by atoms with Gasteiger partial charge in [-0.15, -0.1) is 19.1 Å². The summed E-state index contributed by atoms with van der Waals surface area (Å²) in [6, 6.07) is 24.6. The van der Waals surface area contributed by atoms with Crippen molar-refractivity contribution in [1.29, 1.82) is 10.5 Å². The number of fused-ring (bicyclic) bond motifs is 4. The van der Waals surface area contributed by atoms with Gasteiger partial charge in [0.15, 0.2) is 23.2 Å². The Morgan fingerprint density at radius 2 is 0.920 bits per heavy atom. The van der Waals surface area contributed by atoms with Crippen LogP contribution in [0.15, 0.2) is 111 Å². The third-order valence-electron chi connectivity index (χ3n) is 18.9. The summed E-state index contributed by atoms with van der Waals surface area (Å²) in [5.41, 5.74) is 10.7. The Bertz CT molecular complexity index is 4270. The van der Waals surface area contributed by atoms with Crippen LogP contribution in [0.25, 0.3) is 11.0 Å². The second-order valence-electron chi connectivity index (χ2n) is 28.3. The largest absolute Gasteiger partial charge is 0.530 e. The number of phosphoric ester groups is 1. The molecule has 0 bridgehead atoms. The van der Waals surface area contributed by atoms with Crippen LogP contribution in [-0.2, 0) is 67.3 Å². The van der Waals surface area contributed by atoms with E-state index in [1.807, 2.05) is 0 Å². The van der Waals surface area contributed by atoms with Crippen molar-refractivity contribution in [3.8, 4) is 23.6 Å². The van der Waals surface area contributed by atoms with Crippen LogP contribution in [0.1, 0.15) is 194 Å². The molecule has 4 saturated heterocycles. The summed E-state index contributed by atoms with van der Waals surface area (Å²) in [6.07, 6.45) is 30.6. The maximum Gasteiger partial charge on any atom is 0.530 e. The number of hydrogen-bond donors (Lipinski definition) is 4. The Morgan fingerprint density at radius 3 is 1.35 bits per heavy atom. The third kappa shape index (κ3) is 23.5. The summed E-state index contributed by atoms with van der Waals surface area (Å²) in [5, 5.41) is 55.6. The van der Waals surface area contributed by atoms with E-state index in [-0.39, 0.29) is 48.8 Å². The molecule has 9 atom stereocenters. The van der Waals surface area contributed by atoms with E-state index in [1.54, 1.807) is 100 Å². The van der Waals surface area contributed by atoms with Crippen molar-refractivity contribution in [2.24, 2.45) is 0 Å². The van der Waals surface area contributed by atoms with Gasteiger partial charge in [0, 0.05) is 33.0 Å². The van der Waals surface area contributed by atoms with Gasteiger partial charge < -0.3 is 68.6 Å². The summed E-state index contributed by atoms with van der Waals surface area (Å²) in [6.45, 7) is 13.9. The van der Waals surface area contributed by atoms with Gasteiger partial charge in [-0.1, -0.05) is 177 Å². The maximum absolute atomic E-state index is 14.1. The zero-order valence-corrected chi connectivity index (χ0v) is 68.0. The van der Waals surface area contributed by atoms with E-state index in [9.17, 15) is 24.8 Å². The second-order valence-corrected chi connectivity index (χ2v) is 32.7. The van der Waals surface area contributed by atoms with Gasteiger partial charge in [-0.3, -0.25) is 9.05 Å². The van der Waals surface area contributed by atoms with E-state index in [4.69, 9.17) is 95.8 Å². The SMILES string of the molecule is CC1(C)O[C@H]2[C@@H](O1)[C@](C#N)(c1ccc3c(N)ncnn13)O[C@@H]2CO.CCCCCCCCCCCCOCCCO.CCCCCCCCCCCCOCCCOP(=O)(OC[C@H]1O[C@@](C#N)(c2ccc3c(N)ncnn23)[C@@H]2OC(C)(C)O[C@@H]21)Oc1ccccc1Cl.O=P(Oc1ccccc1Cl)(n1cncn1)n1cncn1. The number of aromatic nitrogens is 12. The Morgan fingerprint density at radius 1 is 0.500 bits per heavy atom. The van der Waals surface area contributed by atoms with Gasteiger partial charge in [-0.2, -0.15) is 20.7 Å². The van der Waals surface area contributed by atoms with Gasteiger partial charge in [0.25, 0.3) is 0 Å². The molecule has 6 N–H and O–H groups in total. The topological polar surface area (TPSA) is 407 Å². The minimum absolute atomic E-state index is 0.0450. The lowest BCUT2D eigenvalue weighted by Crippen LogP contribution is -2.40. The fraction of sp³-hybridized carbons (Fsp3) is 0.605. The normalized spacial score (nSPS) is 21.8. The van der Waals surface area contributed by atoms with Crippen molar-refractivity contribution < 1.29 is 75.3 Å². The van der Waals surface area contributed by atoms with Crippen LogP contribution in [0.2, 0.25) is 10.0 Å². The zero-order chi connectivity index (χ0) is 80.0. The molecular weight excluding hydrogens is 1530 g/mol. The number of phosphoric acid groups is 1. The first-order valence-corrected chi connectivity index (χ1v) is 42.4. The second kappa shape index (κ2) is 43.4. The summed E-state index contributed by atoms with van der Waals surface area (Å²) < 4.78 is 103. The van der Waals surface area contributed by atoms with Gasteiger partial charge in [0.1, 0.15) is 109 Å². The molecule has 36 heteroatoms. The summed E-state index contributed by atoms with van der Waals surface area (Å²) in [5.74, 6) is -1.01. The van der Waals surface area contributed by atoms with E-state index in [2.05, 4.69) is 66.3 Å². The lowest BCUT2D eigenvalue weighted by Gasteiger charge is -2.29. The number of ether oxygens (including phenoxy) is 8. The highest BCUT2D eigenvalue weighted by Gasteiger charge is 2.67. The molecule has 4 fully saturated rings. The number of halogens is 2. The highest BCUT2D eigenvalue weighted by atomic mass is 35.5. The Hall–Kier alpha value is -7.30. The molecule has 1 unspecified atom stereocenters. The molecule has 0 radical (unpaired) electrons. The molecule has 0 spiro atoms. The van der Waals surface area contributed by atoms with E-state index < -0.39 is 74.9 Å². The van der Waals surface area contributed by atoms with Crippen molar-refractivity contribution in [2.75, 3.05) is 64.3 Å². The molecule has 32 nitrogen and oxygen atoms in total. The molecule has 4 aliphatic rings. The molecule has 0 saturated carbocycles. The standard InChI is InChI=1S/C36H51ClN5O8P.C15H17N5O4.C15H32O2.C10H8ClN6O2P/c1-4-5-6-7-8-9-10-11-12-15-21-44-22-16-23-45-51(43,50-29-18-14-13-17-27(29)37)46-24-30-32-33(49-35(2,3)48-32)36(25-38,47-30)31-20-19-28-34(39)40-26-41-42(28)31;1-14(2)23-11-9(5-21)22-15(6-16,12(11)24-14)10-4-3-8-13(17)18-7-19-20(8)10;1-2-3-4-5-6-7-8-9-10-11-14-17-15-12-13-16;11-9-3-1-2-4-10(9)19-20(18,16-7-12-5-14-16)17-8-13-6-15-17/h13-14,17-20,26,30,32-33H,4-12,15-16,21-24H2,1-3H3,(H2,39,40,41);3-4,7,9,11-12,21H,5H2,1-2H3,(H2,17,18,19);16H,2-15H2,1H3;1-8H/t30-,32-,33-,36+,51?;9-,11-,12-,15+;;/m11../s1. The summed E-state index contributed by atoms with van der Waals surface area (Å²) >= 11 is 12.4. The van der Waals surface area contributed by atoms with Crippen molar-refractivity contribution in [2.45, 2.75) is 242 Å². The number of para-hydroxylation sites is 2. The molecule has 12 rings (SSSR count). The first-order valence-electron chi connectivity index (χ1n) is 38.7. The van der Waals surface area contributed by atoms with Gasteiger partial charge in [0.2, 0.25) is 11.2 Å². The summed E-state index contributed by atoms with van der Waals surface area (Å²) in [7, 11) is -7.95. The van der Waals surface area contributed by atoms with Gasteiger partial charge in [-0.25, -0.2) is 38.1 Å².